The molecule has 0 bridgehead atoms. The molecule has 3 N–H and O–H groups in total. The van der Waals surface area contributed by atoms with Crippen molar-refractivity contribution in [1.29, 1.82) is 0 Å². The average Bonchev–Trinajstić information content (AvgIpc) is 3.30. The summed E-state index contributed by atoms with van der Waals surface area (Å²) in [6, 6.07) is 9.64. The molecule has 232 valence electrons. The maximum absolute atomic E-state index is 13.7. The zero-order chi connectivity index (χ0) is 31.5. The van der Waals surface area contributed by atoms with Crippen molar-refractivity contribution in [3.8, 4) is 11.5 Å². The number of sulfonamides is 1. The Kier molecular flexibility index (Phi) is 9.62. The summed E-state index contributed by atoms with van der Waals surface area (Å²) in [6.07, 6.45) is -0.653. The van der Waals surface area contributed by atoms with E-state index in [4.69, 9.17) is 14.0 Å². The number of likely N-dealkylation sites (N-methyl/N-ethyl adjacent to an activating group) is 1. The molecule has 3 atom stereocenters. The van der Waals surface area contributed by atoms with Gasteiger partial charge in [0.25, 0.3) is 5.91 Å². The number of hydrogen-bond donors (Lipinski definition) is 3. The molecule has 0 saturated heterocycles. The number of benzene rings is 2. The molecule has 0 aliphatic carbocycles. The zero-order valence-corrected chi connectivity index (χ0v) is 25.8. The van der Waals surface area contributed by atoms with E-state index in [2.05, 4.69) is 15.8 Å². The highest BCUT2D eigenvalue weighted by Crippen LogP contribution is 2.31. The number of aromatic nitrogens is 1. The van der Waals surface area contributed by atoms with Crippen LogP contribution in [0.15, 0.2) is 51.9 Å². The Morgan fingerprint density at radius 3 is 2.51 bits per heavy atom. The van der Waals surface area contributed by atoms with Crippen molar-refractivity contribution in [3.05, 3.63) is 59.5 Å². The van der Waals surface area contributed by atoms with Crippen LogP contribution in [0.25, 0.3) is 0 Å². The summed E-state index contributed by atoms with van der Waals surface area (Å²) in [7, 11) is -0.894. The molecule has 43 heavy (non-hydrogen) atoms. The van der Waals surface area contributed by atoms with Crippen LogP contribution < -0.4 is 20.1 Å². The Labute approximate surface area is 250 Å². The average molecular weight is 616 g/mol. The number of aryl methyl sites for hydroxylation is 2. The molecular weight excluding hydrogens is 578 g/mol. The maximum atomic E-state index is 13.7. The van der Waals surface area contributed by atoms with E-state index in [0.29, 0.717) is 28.6 Å². The lowest BCUT2D eigenvalue weighted by Gasteiger charge is -2.38. The second-order valence-electron chi connectivity index (χ2n) is 10.6. The van der Waals surface area contributed by atoms with Crippen LogP contribution in [0, 0.1) is 19.8 Å². The number of nitrogens with one attached hydrogen (secondary N) is 2. The third kappa shape index (κ3) is 6.92. The lowest BCUT2D eigenvalue weighted by molar-refractivity contribution is 0.0387. The Morgan fingerprint density at radius 2 is 1.91 bits per heavy atom. The SMILES string of the molecule is COc1ccc(S(=O)(=O)N(C)C[C@H]2Oc3ccc(NC(=O)Nc4c(C)noc4C)cc3C(=O)N([C@H](C)CO)C[C@@H]2C)cc1. The predicted molar refractivity (Wildman–Crippen MR) is 159 cm³/mol. The third-order valence-electron chi connectivity index (χ3n) is 7.40. The number of carbonyl (C=O) groups is 2. The molecule has 0 fully saturated rings. The van der Waals surface area contributed by atoms with E-state index in [0.717, 1.165) is 0 Å². The molecule has 2 heterocycles. The van der Waals surface area contributed by atoms with Crippen molar-refractivity contribution in [1.82, 2.24) is 14.4 Å². The van der Waals surface area contributed by atoms with Crippen LogP contribution in [-0.4, -0.2) is 85.8 Å². The van der Waals surface area contributed by atoms with Gasteiger partial charge in [-0.25, -0.2) is 13.2 Å². The molecule has 0 unspecified atom stereocenters. The van der Waals surface area contributed by atoms with E-state index in [9.17, 15) is 23.1 Å². The molecule has 3 aromatic rings. The number of amides is 3. The highest BCUT2D eigenvalue weighted by molar-refractivity contribution is 7.89. The summed E-state index contributed by atoms with van der Waals surface area (Å²) in [6.45, 7) is 6.87. The van der Waals surface area contributed by atoms with Crippen LogP contribution in [0.3, 0.4) is 0 Å². The van der Waals surface area contributed by atoms with Gasteiger partial charge in [-0.2, -0.15) is 4.31 Å². The van der Waals surface area contributed by atoms with Gasteiger partial charge in [0.2, 0.25) is 10.0 Å². The summed E-state index contributed by atoms with van der Waals surface area (Å²) in [5.41, 5.74) is 1.44. The molecule has 1 aliphatic heterocycles. The summed E-state index contributed by atoms with van der Waals surface area (Å²) in [5.74, 6) is 0.507. The first-order valence-electron chi connectivity index (χ1n) is 13.7. The second kappa shape index (κ2) is 13.0. The van der Waals surface area contributed by atoms with Crippen LogP contribution in [0.4, 0.5) is 16.2 Å². The van der Waals surface area contributed by atoms with Gasteiger partial charge in [0.15, 0.2) is 5.76 Å². The summed E-state index contributed by atoms with van der Waals surface area (Å²) in [4.78, 5) is 28.1. The van der Waals surface area contributed by atoms with Gasteiger partial charge in [-0.3, -0.25) is 4.79 Å². The number of urea groups is 1. The van der Waals surface area contributed by atoms with Crippen LogP contribution in [-0.2, 0) is 10.0 Å². The van der Waals surface area contributed by atoms with Crippen LogP contribution in [0.2, 0.25) is 0 Å². The first kappa shape index (κ1) is 31.8. The van der Waals surface area contributed by atoms with Crippen molar-refractivity contribution in [3.63, 3.8) is 0 Å². The van der Waals surface area contributed by atoms with Gasteiger partial charge in [0, 0.05) is 25.2 Å². The topological polar surface area (TPSA) is 164 Å². The zero-order valence-electron chi connectivity index (χ0n) is 24.9. The minimum atomic E-state index is -3.87. The van der Waals surface area contributed by atoms with Crippen molar-refractivity contribution in [2.45, 2.75) is 44.7 Å². The van der Waals surface area contributed by atoms with E-state index in [1.54, 1.807) is 45.0 Å². The summed E-state index contributed by atoms with van der Waals surface area (Å²) < 4.78 is 44.5. The largest absolute Gasteiger partial charge is 0.497 e. The van der Waals surface area contributed by atoms with Gasteiger partial charge in [0.05, 0.1) is 36.8 Å². The van der Waals surface area contributed by atoms with Crippen LogP contribution in [0.1, 0.15) is 35.7 Å². The lowest BCUT2D eigenvalue weighted by atomic mass is 9.99. The normalized spacial score (nSPS) is 17.9. The third-order valence-corrected chi connectivity index (χ3v) is 9.24. The molecule has 0 saturated carbocycles. The monoisotopic (exact) mass is 615 g/mol. The van der Waals surface area contributed by atoms with Crippen LogP contribution in [0.5, 0.6) is 11.5 Å². The van der Waals surface area contributed by atoms with E-state index in [-0.39, 0.29) is 41.8 Å². The fraction of sp³-hybridized carbons (Fsp3) is 0.414. The number of rotatable bonds is 9. The van der Waals surface area contributed by atoms with Crippen molar-refractivity contribution >= 4 is 33.3 Å². The molecule has 1 aliphatic rings. The molecule has 14 heteroatoms. The van der Waals surface area contributed by atoms with Gasteiger partial charge >= 0.3 is 6.03 Å². The Morgan fingerprint density at radius 1 is 1.21 bits per heavy atom. The standard InChI is InChI=1S/C29H37N5O8S/c1-17-14-34(18(2)16-35)28(36)24-13-21(30-29(37)31-27-19(3)32-42-20(27)4)7-12-25(24)41-26(17)15-33(5)43(38,39)23-10-8-22(40-6)9-11-23/h7-13,17-18,26,35H,14-16H2,1-6H3,(H2,30,31,37)/t17-,18+,26+/m0/s1. The van der Waals surface area contributed by atoms with Gasteiger partial charge < -0.3 is 34.6 Å². The van der Waals surface area contributed by atoms with Crippen LogP contribution >= 0.6 is 0 Å². The number of anilines is 2. The molecule has 0 radical (unpaired) electrons. The number of carbonyl (C=O) groups excluding carboxylic acids is 2. The molecule has 3 amide bonds. The second-order valence-corrected chi connectivity index (χ2v) is 12.6. The Hall–Kier alpha value is -4.14. The minimum Gasteiger partial charge on any atom is -0.497 e. The molecule has 2 aromatic carbocycles. The van der Waals surface area contributed by atoms with Gasteiger partial charge in [-0.15, -0.1) is 0 Å². The fourth-order valence-corrected chi connectivity index (χ4v) is 5.92. The van der Waals surface area contributed by atoms with Gasteiger partial charge in [-0.1, -0.05) is 12.1 Å². The summed E-state index contributed by atoms with van der Waals surface area (Å²) in [5, 5.41) is 19.1. The number of fused-ring (bicyclic) bond motifs is 1. The maximum Gasteiger partial charge on any atom is 0.323 e. The molecule has 1 aromatic heterocycles. The fourth-order valence-electron chi connectivity index (χ4n) is 4.73. The van der Waals surface area contributed by atoms with E-state index in [1.807, 2.05) is 6.92 Å². The summed E-state index contributed by atoms with van der Waals surface area (Å²) >= 11 is 0. The number of aliphatic hydroxyl groups excluding tert-OH is 1. The highest BCUT2D eigenvalue weighted by Gasteiger charge is 2.35. The minimum absolute atomic E-state index is 0.00957. The number of ether oxygens (including phenoxy) is 2. The predicted octanol–water partition coefficient (Wildman–Crippen LogP) is 3.48. The highest BCUT2D eigenvalue weighted by atomic mass is 32.2. The molecule has 4 rings (SSSR count). The molecular formula is C29H37N5O8S. The van der Waals surface area contributed by atoms with Gasteiger partial charge in [0.1, 0.15) is 29.0 Å². The van der Waals surface area contributed by atoms with Gasteiger partial charge in [-0.05, 0) is 63.2 Å². The molecule has 0 spiro atoms. The lowest BCUT2D eigenvalue weighted by Crippen LogP contribution is -2.50. The van der Waals surface area contributed by atoms with E-state index < -0.39 is 34.1 Å². The Balaban J connectivity index is 1.61. The molecule has 13 nitrogen and oxygen atoms in total. The number of nitrogens with zero attached hydrogens (tertiary/aromatic N) is 3. The van der Waals surface area contributed by atoms with E-state index >= 15 is 0 Å². The Bertz CT molecular complexity index is 1550. The number of aliphatic hydroxyl groups is 1. The quantitative estimate of drug-likeness (QED) is 0.327. The van der Waals surface area contributed by atoms with Crippen molar-refractivity contribution < 1.29 is 37.1 Å². The van der Waals surface area contributed by atoms with E-state index in [1.165, 1.54) is 41.6 Å². The van der Waals surface area contributed by atoms with Crippen molar-refractivity contribution in [2.75, 3.05) is 44.5 Å². The van der Waals surface area contributed by atoms with Crippen molar-refractivity contribution in [2.24, 2.45) is 5.92 Å². The first-order chi connectivity index (χ1) is 20.3. The number of hydrogen-bond acceptors (Lipinski definition) is 9. The smallest absolute Gasteiger partial charge is 0.323 e. The first-order valence-corrected chi connectivity index (χ1v) is 15.1. The number of methoxy groups -OCH3 is 1.